The van der Waals surface area contributed by atoms with Gasteiger partial charge in [-0.2, -0.15) is 10.2 Å². The van der Waals surface area contributed by atoms with E-state index in [1.165, 1.54) is 0 Å². The third kappa shape index (κ3) is 3.14. The second-order valence-corrected chi connectivity index (χ2v) is 6.43. The van der Waals surface area contributed by atoms with Crippen molar-refractivity contribution in [3.8, 4) is 11.3 Å². The smallest absolute Gasteiger partial charge is 0.230 e. The Morgan fingerprint density at radius 1 is 1.35 bits per heavy atom. The Hall–Kier alpha value is -2.15. The van der Waals surface area contributed by atoms with Crippen LogP contribution in [0.15, 0.2) is 18.6 Å². The van der Waals surface area contributed by atoms with Gasteiger partial charge in [0.25, 0.3) is 0 Å². The number of ether oxygens (including phenoxy) is 1. The van der Waals surface area contributed by atoms with Gasteiger partial charge in [-0.15, -0.1) is 0 Å². The van der Waals surface area contributed by atoms with Crippen molar-refractivity contribution in [1.82, 2.24) is 19.6 Å². The quantitative estimate of drug-likeness (QED) is 0.933. The van der Waals surface area contributed by atoms with Crippen molar-refractivity contribution in [3.05, 3.63) is 18.6 Å². The average Bonchev–Trinajstić information content (AvgIpc) is 3.18. The molecule has 2 aromatic heterocycles. The number of hydrogen-bond donors (Lipinski definition) is 1. The molecule has 2 aromatic rings. The van der Waals surface area contributed by atoms with E-state index in [0.717, 1.165) is 17.7 Å². The van der Waals surface area contributed by atoms with Crippen LogP contribution in [-0.4, -0.2) is 38.2 Å². The summed E-state index contributed by atoms with van der Waals surface area (Å²) in [4.78, 5) is 12.7. The zero-order valence-corrected chi connectivity index (χ0v) is 14.0. The number of rotatable bonds is 4. The standard InChI is InChI=1S/C16H23N5O2/c1-10(2)15-12(5-6-23-15)16(22)18-13-9-21(4)19-14(13)11-7-17-20(3)8-11/h7-10,12,15H,5-6H2,1-4H3,(H,18,22)/t12-,15+/m1/s1. The molecule has 23 heavy (non-hydrogen) atoms. The van der Waals surface area contributed by atoms with Crippen molar-refractivity contribution in [3.63, 3.8) is 0 Å². The Morgan fingerprint density at radius 2 is 2.13 bits per heavy atom. The molecule has 1 amide bonds. The normalized spacial score (nSPS) is 21.1. The molecule has 1 N–H and O–H groups in total. The second-order valence-electron chi connectivity index (χ2n) is 6.43. The molecular formula is C16H23N5O2. The predicted molar refractivity (Wildman–Crippen MR) is 86.7 cm³/mol. The van der Waals surface area contributed by atoms with Crippen molar-refractivity contribution in [2.24, 2.45) is 25.9 Å². The number of anilines is 1. The van der Waals surface area contributed by atoms with Gasteiger partial charge in [-0.25, -0.2) is 0 Å². The summed E-state index contributed by atoms with van der Waals surface area (Å²) in [6.07, 6.45) is 6.19. The third-order valence-electron chi connectivity index (χ3n) is 4.19. The molecule has 0 spiro atoms. The maximum absolute atomic E-state index is 12.7. The molecule has 0 radical (unpaired) electrons. The van der Waals surface area contributed by atoms with Crippen LogP contribution in [0.3, 0.4) is 0 Å². The average molecular weight is 317 g/mol. The minimum Gasteiger partial charge on any atom is -0.377 e. The molecule has 124 valence electrons. The van der Waals surface area contributed by atoms with Crippen LogP contribution >= 0.6 is 0 Å². The van der Waals surface area contributed by atoms with Crippen LogP contribution in [0.4, 0.5) is 5.69 Å². The van der Waals surface area contributed by atoms with Gasteiger partial charge in [0, 0.05) is 38.7 Å². The molecule has 0 saturated carbocycles. The van der Waals surface area contributed by atoms with E-state index in [9.17, 15) is 4.79 Å². The maximum atomic E-state index is 12.7. The Labute approximate surface area is 135 Å². The molecule has 1 aliphatic heterocycles. The summed E-state index contributed by atoms with van der Waals surface area (Å²) in [6, 6.07) is 0. The van der Waals surface area contributed by atoms with Crippen LogP contribution in [0.5, 0.6) is 0 Å². The van der Waals surface area contributed by atoms with Crippen LogP contribution in [0, 0.1) is 11.8 Å². The van der Waals surface area contributed by atoms with Crippen molar-refractivity contribution in [1.29, 1.82) is 0 Å². The van der Waals surface area contributed by atoms with Gasteiger partial charge >= 0.3 is 0 Å². The molecule has 1 aliphatic rings. The topological polar surface area (TPSA) is 74.0 Å². The zero-order valence-electron chi connectivity index (χ0n) is 14.0. The minimum atomic E-state index is -0.114. The second kappa shape index (κ2) is 6.16. The molecule has 1 saturated heterocycles. The molecule has 1 fully saturated rings. The van der Waals surface area contributed by atoms with E-state index in [1.54, 1.807) is 15.6 Å². The van der Waals surface area contributed by atoms with Gasteiger partial charge in [-0.3, -0.25) is 14.2 Å². The molecule has 0 aliphatic carbocycles. The van der Waals surface area contributed by atoms with Gasteiger partial charge in [0.15, 0.2) is 0 Å². The number of aromatic nitrogens is 4. The van der Waals surface area contributed by atoms with E-state index in [-0.39, 0.29) is 17.9 Å². The number of hydrogen-bond acceptors (Lipinski definition) is 4. The summed E-state index contributed by atoms with van der Waals surface area (Å²) in [5.41, 5.74) is 2.32. The van der Waals surface area contributed by atoms with Crippen LogP contribution in [-0.2, 0) is 23.6 Å². The molecule has 0 aromatic carbocycles. The Balaban J connectivity index is 1.82. The summed E-state index contributed by atoms with van der Waals surface area (Å²) in [7, 11) is 3.69. The minimum absolute atomic E-state index is 0.000611. The number of nitrogens with one attached hydrogen (secondary N) is 1. The summed E-state index contributed by atoms with van der Waals surface area (Å²) in [5.74, 6) is 0.205. The molecule has 2 atom stereocenters. The molecular weight excluding hydrogens is 294 g/mol. The Morgan fingerprint density at radius 3 is 2.78 bits per heavy atom. The van der Waals surface area contributed by atoms with Gasteiger partial charge < -0.3 is 10.1 Å². The van der Waals surface area contributed by atoms with Crippen LogP contribution in [0.1, 0.15) is 20.3 Å². The lowest BCUT2D eigenvalue weighted by Crippen LogP contribution is -2.32. The van der Waals surface area contributed by atoms with E-state index >= 15 is 0 Å². The first-order valence-corrected chi connectivity index (χ1v) is 7.91. The van der Waals surface area contributed by atoms with Crippen molar-refractivity contribution in [2.75, 3.05) is 11.9 Å². The fourth-order valence-electron chi connectivity index (χ4n) is 3.11. The number of nitrogens with zero attached hydrogens (tertiary/aromatic N) is 4. The maximum Gasteiger partial charge on any atom is 0.230 e. The van der Waals surface area contributed by atoms with Crippen LogP contribution in [0.2, 0.25) is 0 Å². The SMILES string of the molecule is CC(C)[C@@H]1OCC[C@H]1C(=O)Nc1cn(C)nc1-c1cnn(C)c1. The van der Waals surface area contributed by atoms with E-state index < -0.39 is 0 Å². The number of amides is 1. The molecule has 0 bridgehead atoms. The van der Waals surface area contributed by atoms with E-state index in [0.29, 0.717) is 18.2 Å². The molecule has 3 heterocycles. The monoisotopic (exact) mass is 317 g/mol. The van der Waals surface area contributed by atoms with Gasteiger partial charge in [0.2, 0.25) is 5.91 Å². The Bertz CT molecular complexity index is 703. The van der Waals surface area contributed by atoms with Crippen LogP contribution in [0.25, 0.3) is 11.3 Å². The number of carbonyl (C=O) groups excluding carboxylic acids is 1. The zero-order chi connectivity index (χ0) is 16.6. The highest BCUT2D eigenvalue weighted by Gasteiger charge is 2.36. The highest BCUT2D eigenvalue weighted by Crippen LogP contribution is 2.30. The lowest BCUT2D eigenvalue weighted by atomic mass is 9.92. The Kier molecular flexibility index (Phi) is 4.21. The van der Waals surface area contributed by atoms with E-state index in [1.807, 2.05) is 26.5 Å². The van der Waals surface area contributed by atoms with Gasteiger partial charge in [-0.05, 0) is 12.3 Å². The molecule has 0 unspecified atom stereocenters. The molecule has 7 nitrogen and oxygen atoms in total. The highest BCUT2D eigenvalue weighted by atomic mass is 16.5. The highest BCUT2D eigenvalue weighted by molar-refractivity contribution is 5.96. The molecule has 3 rings (SSSR count). The van der Waals surface area contributed by atoms with Crippen molar-refractivity contribution < 1.29 is 9.53 Å². The third-order valence-corrected chi connectivity index (χ3v) is 4.19. The summed E-state index contributed by atoms with van der Waals surface area (Å²) < 4.78 is 9.13. The lowest BCUT2D eigenvalue weighted by molar-refractivity contribution is -0.122. The lowest BCUT2D eigenvalue weighted by Gasteiger charge is -2.21. The van der Waals surface area contributed by atoms with Gasteiger partial charge in [-0.1, -0.05) is 13.8 Å². The van der Waals surface area contributed by atoms with Crippen molar-refractivity contribution in [2.45, 2.75) is 26.4 Å². The first-order valence-electron chi connectivity index (χ1n) is 7.91. The van der Waals surface area contributed by atoms with E-state index in [2.05, 4.69) is 29.4 Å². The predicted octanol–water partition coefficient (Wildman–Crippen LogP) is 1.82. The summed E-state index contributed by atoms with van der Waals surface area (Å²) in [6.45, 7) is 4.81. The van der Waals surface area contributed by atoms with Crippen molar-refractivity contribution >= 4 is 11.6 Å². The number of aryl methyl sites for hydroxylation is 2. The fourth-order valence-corrected chi connectivity index (χ4v) is 3.11. The summed E-state index contributed by atoms with van der Waals surface area (Å²) >= 11 is 0. The first kappa shape index (κ1) is 15.7. The largest absolute Gasteiger partial charge is 0.377 e. The fraction of sp³-hybridized carbons (Fsp3) is 0.562. The van der Waals surface area contributed by atoms with Crippen LogP contribution < -0.4 is 5.32 Å². The van der Waals surface area contributed by atoms with Gasteiger partial charge in [0.05, 0.1) is 23.9 Å². The number of carbonyl (C=O) groups is 1. The first-order chi connectivity index (χ1) is 11.0. The molecule has 7 heteroatoms. The van der Waals surface area contributed by atoms with Gasteiger partial charge in [0.1, 0.15) is 5.69 Å². The summed E-state index contributed by atoms with van der Waals surface area (Å²) in [5, 5.41) is 11.6. The van der Waals surface area contributed by atoms with E-state index in [4.69, 9.17) is 4.74 Å².